The molecule has 7 nitrogen and oxygen atoms in total. The fourth-order valence-corrected chi connectivity index (χ4v) is 5.78. The summed E-state index contributed by atoms with van der Waals surface area (Å²) in [5.41, 5.74) is 6.19. The smallest absolute Gasteiger partial charge is 0.321 e. The molecule has 174 valence electrons. The fourth-order valence-electron chi connectivity index (χ4n) is 5.78. The van der Waals surface area contributed by atoms with Crippen LogP contribution in [0.25, 0.3) is 0 Å². The van der Waals surface area contributed by atoms with Gasteiger partial charge in [-0.1, -0.05) is 36.8 Å². The molecule has 3 amide bonds. The van der Waals surface area contributed by atoms with Gasteiger partial charge in [-0.3, -0.25) is 9.59 Å². The van der Waals surface area contributed by atoms with Gasteiger partial charge in [0.05, 0.1) is 12.1 Å². The predicted molar refractivity (Wildman–Crippen MR) is 123 cm³/mol. The number of Topliss-reactive ketones (excluding diaryl/α,β-unsaturated/α-hetero) is 1. The first kappa shape index (κ1) is 22.8. The van der Waals surface area contributed by atoms with E-state index in [1.54, 1.807) is 4.90 Å². The molecule has 32 heavy (non-hydrogen) atoms. The molecule has 1 aromatic rings. The molecule has 1 heterocycles. The van der Waals surface area contributed by atoms with E-state index in [-0.39, 0.29) is 42.3 Å². The number of nitrogens with zero attached hydrogens (tertiary/aromatic N) is 2. The van der Waals surface area contributed by atoms with E-state index in [1.807, 2.05) is 13.1 Å². The Morgan fingerprint density at radius 2 is 1.78 bits per heavy atom. The molecule has 1 saturated heterocycles. The van der Waals surface area contributed by atoms with E-state index >= 15 is 0 Å². The number of hydrogen-bond donors (Lipinski definition) is 2. The summed E-state index contributed by atoms with van der Waals surface area (Å²) in [7, 11) is 2.03. The molecule has 1 aliphatic heterocycles. The Labute approximate surface area is 190 Å². The molecule has 3 N–H and O–H groups in total. The van der Waals surface area contributed by atoms with E-state index < -0.39 is 5.91 Å². The highest BCUT2D eigenvalue weighted by Crippen LogP contribution is 2.47. The van der Waals surface area contributed by atoms with E-state index in [0.717, 1.165) is 32.2 Å². The first-order valence-corrected chi connectivity index (χ1v) is 12.0. The van der Waals surface area contributed by atoms with Crippen molar-refractivity contribution in [1.82, 2.24) is 15.1 Å². The van der Waals surface area contributed by atoms with Crippen molar-refractivity contribution in [2.24, 2.45) is 11.7 Å². The lowest BCUT2D eigenvalue weighted by atomic mass is 9.68. The molecule has 0 unspecified atom stereocenters. The average molecular weight is 441 g/mol. The second kappa shape index (κ2) is 9.22. The van der Waals surface area contributed by atoms with Crippen LogP contribution in [-0.2, 0) is 15.1 Å². The maximum Gasteiger partial charge on any atom is 0.321 e. The number of hydrogen-bond acceptors (Lipinski definition) is 4. The third-order valence-corrected chi connectivity index (χ3v) is 8.08. The van der Waals surface area contributed by atoms with E-state index in [2.05, 4.69) is 34.5 Å². The van der Waals surface area contributed by atoms with E-state index in [0.29, 0.717) is 12.5 Å². The van der Waals surface area contributed by atoms with Crippen molar-refractivity contribution in [1.29, 1.82) is 0 Å². The van der Waals surface area contributed by atoms with Crippen LogP contribution in [0.4, 0.5) is 4.79 Å². The number of urea groups is 1. The van der Waals surface area contributed by atoms with E-state index in [4.69, 9.17) is 5.73 Å². The lowest BCUT2D eigenvalue weighted by molar-refractivity contribution is -0.124. The van der Waals surface area contributed by atoms with Crippen LogP contribution in [0.5, 0.6) is 0 Å². The maximum absolute atomic E-state index is 13.4. The van der Waals surface area contributed by atoms with Crippen LogP contribution in [0.2, 0.25) is 0 Å². The summed E-state index contributed by atoms with van der Waals surface area (Å²) < 4.78 is 0. The highest BCUT2D eigenvalue weighted by Gasteiger charge is 2.54. The Balaban J connectivity index is 1.50. The Hall–Kier alpha value is -2.41. The van der Waals surface area contributed by atoms with Crippen LogP contribution in [-0.4, -0.2) is 59.7 Å². The lowest BCUT2D eigenvalue weighted by Crippen LogP contribution is -2.56. The van der Waals surface area contributed by atoms with E-state index in [9.17, 15) is 14.4 Å². The lowest BCUT2D eigenvalue weighted by Gasteiger charge is -2.49. The molecule has 0 atom stereocenters. The quantitative estimate of drug-likeness (QED) is 0.617. The second-order valence-electron chi connectivity index (χ2n) is 9.97. The summed E-state index contributed by atoms with van der Waals surface area (Å²) >= 11 is 0. The molecular weight excluding hydrogens is 404 g/mol. The molecule has 7 heteroatoms. The minimum atomic E-state index is -0.481. The third-order valence-electron chi connectivity index (χ3n) is 8.08. The Kier molecular flexibility index (Phi) is 6.56. The summed E-state index contributed by atoms with van der Waals surface area (Å²) in [6.07, 6.45) is 7.47. The summed E-state index contributed by atoms with van der Waals surface area (Å²) in [5, 5.41) is 3.59. The minimum absolute atomic E-state index is 0.0130. The number of carbonyl (C=O) groups excluding carboxylic acids is 3. The van der Waals surface area contributed by atoms with Crippen LogP contribution >= 0.6 is 0 Å². The Morgan fingerprint density at radius 1 is 1.09 bits per heavy atom. The first-order chi connectivity index (χ1) is 15.4. The maximum atomic E-state index is 13.4. The Bertz CT molecular complexity index is 844. The van der Waals surface area contributed by atoms with Gasteiger partial charge in [0.1, 0.15) is 0 Å². The van der Waals surface area contributed by atoms with Crippen molar-refractivity contribution in [3.63, 3.8) is 0 Å². The predicted octanol–water partition coefficient (Wildman–Crippen LogP) is 2.79. The minimum Gasteiger partial charge on any atom is -0.370 e. The van der Waals surface area contributed by atoms with Crippen molar-refractivity contribution < 1.29 is 14.4 Å². The number of primary amides is 1. The number of nitrogens with one attached hydrogen (secondary N) is 1. The zero-order valence-electron chi connectivity index (χ0n) is 19.1. The summed E-state index contributed by atoms with van der Waals surface area (Å²) in [6, 6.07) is 10.6. The molecule has 1 spiro atoms. The van der Waals surface area contributed by atoms with Crippen LogP contribution in [0.3, 0.4) is 0 Å². The summed E-state index contributed by atoms with van der Waals surface area (Å²) in [6.45, 7) is 1.46. The largest absolute Gasteiger partial charge is 0.370 e. The van der Waals surface area contributed by atoms with Crippen molar-refractivity contribution >= 4 is 17.7 Å². The number of benzene rings is 1. The molecular formula is C25H36N4O3. The van der Waals surface area contributed by atoms with Gasteiger partial charge in [-0.2, -0.15) is 0 Å². The molecule has 4 rings (SSSR count). The van der Waals surface area contributed by atoms with Crippen molar-refractivity contribution in [3.05, 3.63) is 35.9 Å². The summed E-state index contributed by atoms with van der Waals surface area (Å²) in [4.78, 5) is 40.7. The first-order valence-electron chi connectivity index (χ1n) is 12.0. The van der Waals surface area contributed by atoms with Gasteiger partial charge >= 0.3 is 6.03 Å². The molecule has 1 aromatic carbocycles. The molecule has 0 aromatic heterocycles. The molecule has 3 aliphatic rings. The number of amides is 3. The molecule has 3 fully saturated rings. The van der Waals surface area contributed by atoms with Crippen molar-refractivity contribution in [2.75, 3.05) is 26.7 Å². The van der Waals surface area contributed by atoms with Crippen molar-refractivity contribution in [3.8, 4) is 0 Å². The van der Waals surface area contributed by atoms with Gasteiger partial charge in [-0.25, -0.2) is 4.79 Å². The monoisotopic (exact) mass is 440 g/mol. The highest BCUT2D eigenvalue weighted by atomic mass is 16.2. The number of carbonyl (C=O) groups is 3. The normalized spacial score (nSPS) is 28.2. The van der Waals surface area contributed by atoms with Crippen LogP contribution in [0.15, 0.2) is 30.3 Å². The fraction of sp³-hybridized carbons (Fsp3) is 0.640. The van der Waals surface area contributed by atoms with Gasteiger partial charge in [0.15, 0.2) is 5.78 Å². The van der Waals surface area contributed by atoms with Gasteiger partial charge in [-0.05, 0) is 57.1 Å². The van der Waals surface area contributed by atoms with E-state index in [1.165, 1.54) is 24.8 Å². The second-order valence-corrected chi connectivity index (χ2v) is 9.97. The zero-order chi connectivity index (χ0) is 22.8. The molecule has 2 saturated carbocycles. The van der Waals surface area contributed by atoms with Crippen LogP contribution in [0, 0.1) is 5.92 Å². The van der Waals surface area contributed by atoms with Crippen LogP contribution in [0.1, 0.15) is 63.4 Å². The van der Waals surface area contributed by atoms with Gasteiger partial charge in [0.2, 0.25) is 5.91 Å². The standard InChI is InChI=1S/C25H36N4O3/c1-27-25(20-8-3-2-4-9-20)14-12-24(13-15-25)18-28(17-21(30)10-11-22(26)31)23(32)29(24)16-19-6-5-7-19/h2-4,8-9,19,27H,5-7,10-18H2,1H3,(H2,26,31). The average Bonchev–Trinajstić information content (AvgIpc) is 3.01. The Morgan fingerprint density at radius 3 is 2.34 bits per heavy atom. The number of ketones is 1. The van der Waals surface area contributed by atoms with Crippen LogP contribution < -0.4 is 11.1 Å². The third kappa shape index (κ3) is 4.40. The molecule has 2 aliphatic carbocycles. The van der Waals surface area contributed by atoms with Gasteiger partial charge in [0, 0.05) is 31.5 Å². The SMILES string of the molecule is CNC1(c2ccccc2)CCC2(CC1)CN(CC(=O)CCC(N)=O)C(=O)N2CC1CCC1. The number of rotatable bonds is 9. The van der Waals surface area contributed by atoms with Gasteiger partial charge < -0.3 is 20.9 Å². The van der Waals surface area contributed by atoms with Gasteiger partial charge in [-0.15, -0.1) is 0 Å². The summed E-state index contributed by atoms with van der Waals surface area (Å²) in [5.74, 6) is -0.000294. The zero-order valence-corrected chi connectivity index (χ0v) is 19.1. The molecule has 0 bridgehead atoms. The van der Waals surface area contributed by atoms with Crippen molar-refractivity contribution in [2.45, 2.75) is 68.9 Å². The molecule has 0 radical (unpaired) electrons. The highest BCUT2D eigenvalue weighted by molar-refractivity contribution is 5.89. The van der Waals surface area contributed by atoms with Gasteiger partial charge in [0.25, 0.3) is 0 Å². The number of nitrogens with two attached hydrogens (primary N) is 1. The topological polar surface area (TPSA) is 95.7 Å².